The Morgan fingerprint density at radius 2 is 2.30 bits per heavy atom. The largest absolute Gasteiger partial charge is 0.432 e. The molecule has 1 fully saturated rings. The number of likely N-dealkylation sites (N-methyl/N-ethyl adjacent to an activating group) is 1. The fraction of sp³-hybridized carbons (Fsp3) is 0.412. The van der Waals surface area contributed by atoms with Crippen molar-refractivity contribution in [1.82, 2.24) is 15.2 Å². The molecule has 3 rings (SSSR count). The summed E-state index contributed by atoms with van der Waals surface area (Å²) in [6, 6.07) is 7.38. The zero-order chi connectivity index (χ0) is 16.4. The minimum Gasteiger partial charge on any atom is -0.432 e. The van der Waals surface area contributed by atoms with E-state index < -0.39 is 0 Å². The number of benzene rings is 1. The normalized spacial score (nSPS) is 22.0. The lowest BCUT2D eigenvalue weighted by Crippen LogP contribution is -2.50. The molecular formula is C17H20ClN3O2. The summed E-state index contributed by atoms with van der Waals surface area (Å²) in [6.07, 6.45) is 2.62. The summed E-state index contributed by atoms with van der Waals surface area (Å²) in [7, 11) is 2.06. The van der Waals surface area contributed by atoms with Crippen LogP contribution in [0.15, 0.2) is 34.9 Å². The van der Waals surface area contributed by atoms with Crippen LogP contribution in [0, 0.1) is 5.92 Å². The molecule has 6 heteroatoms. The third-order valence-corrected chi connectivity index (χ3v) is 4.52. The maximum atomic E-state index is 12.4. The van der Waals surface area contributed by atoms with E-state index in [9.17, 15) is 4.79 Å². The highest BCUT2D eigenvalue weighted by Crippen LogP contribution is 2.23. The number of oxazole rings is 1. The molecule has 0 bridgehead atoms. The van der Waals surface area contributed by atoms with Gasteiger partial charge in [0.1, 0.15) is 0 Å². The molecule has 2 atom stereocenters. The van der Waals surface area contributed by atoms with E-state index in [1.165, 1.54) is 0 Å². The van der Waals surface area contributed by atoms with Crippen molar-refractivity contribution in [2.75, 3.05) is 20.1 Å². The molecule has 1 aliphatic heterocycles. The first-order valence-corrected chi connectivity index (χ1v) is 8.12. The summed E-state index contributed by atoms with van der Waals surface area (Å²) in [6.45, 7) is 4.06. The van der Waals surface area contributed by atoms with Crippen molar-refractivity contribution in [1.29, 1.82) is 0 Å². The topological polar surface area (TPSA) is 58.4 Å². The molecule has 0 spiro atoms. The summed E-state index contributed by atoms with van der Waals surface area (Å²) >= 11 is 5.98. The number of carbonyl (C=O) groups excluding carboxylic acids is 1. The van der Waals surface area contributed by atoms with Gasteiger partial charge in [-0.15, -0.1) is 0 Å². The van der Waals surface area contributed by atoms with E-state index >= 15 is 0 Å². The van der Waals surface area contributed by atoms with E-state index in [0.717, 1.165) is 25.1 Å². The molecule has 1 aliphatic rings. The average molecular weight is 334 g/mol. The Kier molecular flexibility index (Phi) is 4.68. The van der Waals surface area contributed by atoms with Gasteiger partial charge in [-0.2, -0.15) is 0 Å². The van der Waals surface area contributed by atoms with E-state index in [1.54, 1.807) is 18.3 Å². The highest BCUT2D eigenvalue weighted by Gasteiger charge is 2.27. The molecular weight excluding hydrogens is 314 g/mol. The standard InChI is InChI=1S/C17H20ClN3O2/c1-11-6-7-21(2)10-14(11)20-16(22)17-19-9-15(23-17)12-4-3-5-13(18)8-12/h3-5,8-9,11,14H,6-7,10H2,1-2H3,(H,20,22). The van der Waals surface area contributed by atoms with Gasteiger partial charge >= 0.3 is 5.91 Å². The van der Waals surface area contributed by atoms with Crippen LogP contribution in [0.4, 0.5) is 0 Å². The van der Waals surface area contributed by atoms with Gasteiger partial charge in [0.25, 0.3) is 5.89 Å². The second-order valence-electron chi connectivity index (χ2n) is 6.15. The van der Waals surface area contributed by atoms with Crippen LogP contribution in [0.1, 0.15) is 24.0 Å². The highest BCUT2D eigenvalue weighted by atomic mass is 35.5. The summed E-state index contributed by atoms with van der Waals surface area (Å²) < 4.78 is 5.59. The first kappa shape index (κ1) is 16.0. The first-order chi connectivity index (χ1) is 11.0. The molecule has 2 unspecified atom stereocenters. The Bertz CT molecular complexity index is 701. The second kappa shape index (κ2) is 6.72. The lowest BCUT2D eigenvalue weighted by atomic mass is 9.94. The molecule has 5 nitrogen and oxygen atoms in total. The van der Waals surface area contributed by atoms with E-state index in [2.05, 4.69) is 29.2 Å². The Morgan fingerprint density at radius 3 is 3.09 bits per heavy atom. The van der Waals surface area contributed by atoms with E-state index in [0.29, 0.717) is 16.7 Å². The van der Waals surface area contributed by atoms with Crippen LogP contribution in [-0.2, 0) is 0 Å². The average Bonchev–Trinajstić information content (AvgIpc) is 3.01. The number of nitrogens with one attached hydrogen (secondary N) is 1. The van der Waals surface area contributed by atoms with Gasteiger partial charge in [-0.1, -0.05) is 30.7 Å². The van der Waals surface area contributed by atoms with Crippen LogP contribution in [-0.4, -0.2) is 42.0 Å². The van der Waals surface area contributed by atoms with Crippen LogP contribution in [0.2, 0.25) is 5.02 Å². The number of rotatable bonds is 3. The quantitative estimate of drug-likeness (QED) is 0.937. The van der Waals surface area contributed by atoms with Crippen molar-refractivity contribution in [3.8, 4) is 11.3 Å². The predicted octanol–water partition coefficient (Wildman–Crippen LogP) is 3.07. The third-order valence-electron chi connectivity index (χ3n) is 4.29. The lowest BCUT2D eigenvalue weighted by molar-refractivity contribution is 0.0846. The number of hydrogen-bond acceptors (Lipinski definition) is 4. The number of hydrogen-bond donors (Lipinski definition) is 1. The highest BCUT2D eigenvalue weighted by molar-refractivity contribution is 6.30. The van der Waals surface area contributed by atoms with Gasteiger partial charge in [0.15, 0.2) is 5.76 Å². The van der Waals surface area contributed by atoms with Crippen molar-refractivity contribution in [2.45, 2.75) is 19.4 Å². The van der Waals surface area contributed by atoms with Crippen molar-refractivity contribution < 1.29 is 9.21 Å². The third kappa shape index (κ3) is 3.74. The van der Waals surface area contributed by atoms with Crippen LogP contribution in [0.5, 0.6) is 0 Å². The number of likely N-dealkylation sites (tertiary alicyclic amines) is 1. The van der Waals surface area contributed by atoms with Gasteiger partial charge in [-0.05, 0) is 38.1 Å². The fourth-order valence-corrected chi connectivity index (χ4v) is 2.99. The lowest BCUT2D eigenvalue weighted by Gasteiger charge is -2.35. The van der Waals surface area contributed by atoms with Crippen molar-refractivity contribution in [2.24, 2.45) is 5.92 Å². The van der Waals surface area contributed by atoms with Crippen LogP contribution >= 0.6 is 11.6 Å². The minimum absolute atomic E-state index is 0.0837. The van der Waals surface area contributed by atoms with Gasteiger partial charge < -0.3 is 14.6 Å². The summed E-state index contributed by atoms with van der Waals surface area (Å²) in [4.78, 5) is 18.7. The molecule has 1 amide bonds. The monoisotopic (exact) mass is 333 g/mol. The molecule has 1 N–H and O–H groups in total. The summed E-state index contributed by atoms with van der Waals surface area (Å²) in [5.74, 6) is 0.787. The number of halogens is 1. The van der Waals surface area contributed by atoms with Gasteiger partial charge in [0.2, 0.25) is 0 Å². The maximum absolute atomic E-state index is 12.4. The van der Waals surface area contributed by atoms with Crippen molar-refractivity contribution >= 4 is 17.5 Å². The molecule has 2 heterocycles. The van der Waals surface area contributed by atoms with Crippen LogP contribution in [0.25, 0.3) is 11.3 Å². The smallest absolute Gasteiger partial charge is 0.307 e. The maximum Gasteiger partial charge on any atom is 0.307 e. The van der Waals surface area contributed by atoms with E-state index in [1.807, 2.05) is 12.1 Å². The molecule has 0 radical (unpaired) electrons. The predicted molar refractivity (Wildman–Crippen MR) is 89.5 cm³/mol. The number of carbonyl (C=O) groups is 1. The number of nitrogens with zero attached hydrogens (tertiary/aromatic N) is 2. The van der Waals surface area contributed by atoms with Crippen LogP contribution in [0.3, 0.4) is 0 Å². The molecule has 2 aromatic rings. The molecule has 0 saturated carbocycles. The Morgan fingerprint density at radius 1 is 1.48 bits per heavy atom. The van der Waals surface area contributed by atoms with Gasteiger partial charge in [-0.25, -0.2) is 4.98 Å². The van der Waals surface area contributed by atoms with Gasteiger partial charge in [-0.3, -0.25) is 4.79 Å². The Hall–Kier alpha value is -1.85. The minimum atomic E-state index is -0.273. The molecule has 1 saturated heterocycles. The Balaban J connectivity index is 1.71. The Labute approximate surface area is 140 Å². The number of aromatic nitrogens is 1. The van der Waals surface area contributed by atoms with Gasteiger partial charge in [0, 0.05) is 23.2 Å². The molecule has 122 valence electrons. The van der Waals surface area contributed by atoms with Crippen molar-refractivity contribution in [3.05, 3.63) is 41.4 Å². The van der Waals surface area contributed by atoms with E-state index in [4.69, 9.17) is 16.0 Å². The fourth-order valence-electron chi connectivity index (χ4n) is 2.80. The molecule has 23 heavy (non-hydrogen) atoms. The molecule has 0 aliphatic carbocycles. The van der Waals surface area contributed by atoms with E-state index in [-0.39, 0.29) is 17.8 Å². The van der Waals surface area contributed by atoms with Crippen molar-refractivity contribution in [3.63, 3.8) is 0 Å². The second-order valence-corrected chi connectivity index (χ2v) is 6.58. The summed E-state index contributed by atoms with van der Waals surface area (Å²) in [5.41, 5.74) is 0.801. The number of piperidine rings is 1. The summed E-state index contributed by atoms with van der Waals surface area (Å²) in [5, 5.41) is 3.64. The zero-order valence-corrected chi connectivity index (χ0v) is 14.0. The molecule has 1 aromatic heterocycles. The van der Waals surface area contributed by atoms with Crippen LogP contribution < -0.4 is 5.32 Å². The molecule has 1 aromatic carbocycles. The zero-order valence-electron chi connectivity index (χ0n) is 13.3. The SMILES string of the molecule is CC1CCN(C)CC1NC(=O)c1ncc(-c2cccc(Cl)c2)o1. The first-order valence-electron chi connectivity index (χ1n) is 7.74. The van der Waals surface area contributed by atoms with Gasteiger partial charge in [0.05, 0.1) is 6.20 Å². The number of amides is 1.